The van der Waals surface area contributed by atoms with Gasteiger partial charge >= 0.3 is 0 Å². The zero-order valence-electron chi connectivity index (χ0n) is 12.0. The minimum absolute atomic E-state index is 0.0626. The molecule has 1 fully saturated rings. The van der Waals surface area contributed by atoms with E-state index >= 15 is 0 Å². The van der Waals surface area contributed by atoms with Crippen molar-refractivity contribution in [2.24, 2.45) is 0 Å². The largest absolute Gasteiger partial charge is 0.366 e. The molecule has 1 aromatic rings. The third-order valence-electron chi connectivity index (χ3n) is 3.30. The molecule has 4 nitrogen and oxygen atoms in total. The minimum Gasteiger partial charge on any atom is -0.366 e. The standard InChI is InChI=1S/C14H24N4/c1-5-12-16-10-11(13(17-12)14(2,3)4)18-8-6-15-7-9-18/h10,15H,5-9H2,1-4H3. The molecule has 2 rings (SSSR count). The Bertz CT molecular complexity index is 403. The molecular formula is C14H24N4. The molecule has 0 radical (unpaired) electrons. The van der Waals surface area contributed by atoms with E-state index < -0.39 is 0 Å². The minimum atomic E-state index is 0.0626. The van der Waals surface area contributed by atoms with Gasteiger partial charge in [-0.15, -0.1) is 0 Å². The Hall–Kier alpha value is -1.16. The van der Waals surface area contributed by atoms with Crippen LogP contribution in [0.25, 0.3) is 0 Å². The van der Waals surface area contributed by atoms with E-state index in [4.69, 9.17) is 4.98 Å². The highest BCUT2D eigenvalue weighted by Gasteiger charge is 2.24. The van der Waals surface area contributed by atoms with Crippen molar-refractivity contribution in [2.45, 2.75) is 39.5 Å². The van der Waals surface area contributed by atoms with Crippen molar-refractivity contribution in [1.29, 1.82) is 0 Å². The summed E-state index contributed by atoms with van der Waals surface area (Å²) in [6, 6.07) is 0. The fraction of sp³-hybridized carbons (Fsp3) is 0.714. The normalized spacial score (nSPS) is 17.0. The number of hydrogen-bond acceptors (Lipinski definition) is 4. The van der Waals surface area contributed by atoms with Crippen LogP contribution in [-0.4, -0.2) is 36.1 Å². The number of anilines is 1. The number of nitrogens with zero attached hydrogens (tertiary/aromatic N) is 3. The lowest BCUT2D eigenvalue weighted by Crippen LogP contribution is -2.44. The maximum atomic E-state index is 4.76. The molecule has 1 aromatic heterocycles. The lowest BCUT2D eigenvalue weighted by atomic mass is 9.90. The maximum absolute atomic E-state index is 4.76. The van der Waals surface area contributed by atoms with Crippen molar-refractivity contribution >= 4 is 5.69 Å². The molecule has 0 amide bonds. The molecule has 1 saturated heterocycles. The third-order valence-corrected chi connectivity index (χ3v) is 3.30. The van der Waals surface area contributed by atoms with E-state index in [1.54, 1.807) is 0 Å². The molecule has 0 bridgehead atoms. The Labute approximate surface area is 110 Å². The molecule has 0 saturated carbocycles. The Balaban J connectivity index is 2.38. The Kier molecular flexibility index (Phi) is 3.85. The van der Waals surface area contributed by atoms with E-state index in [-0.39, 0.29) is 5.41 Å². The molecule has 0 unspecified atom stereocenters. The predicted molar refractivity (Wildman–Crippen MR) is 75.2 cm³/mol. The zero-order valence-corrected chi connectivity index (χ0v) is 12.0. The van der Waals surface area contributed by atoms with E-state index in [0.29, 0.717) is 0 Å². The number of aromatic nitrogens is 2. The Morgan fingerprint density at radius 1 is 1.28 bits per heavy atom. The van der Waals surface area contributed by atoms with Crippen molar-refractivity contribution in [2.75, 3.05) is 31.1 Å². The van der Waals surface area contributed by atoms with Crippen LogP contribution in [0, 0.1) is 0 Å². The van der Waals surface area contributed by atoms with Gasteiger partial charge in [-0.25, -0.2) is 9.97 Å². The molecule has 1 aliphatic rings. The van der Waals surface area contributed by atoms with Crippen LogP contribution in [0.3, 0.4) is 0 Å². The summed E-state index contributed by atoms with van der Waals surface area (Å²) in [6.45, 7) is 12.9. The zero-order chi connectivity index (χ0) is 13.2. The van der Waals surface area contributed by atoms with Crippen molar-refractivity contribution in [1.82, 2.24) is 15.3 Å². The van der Waals surface area contributed by atoms with Crippen LogP contribution in [0.1, 0.15) is 39.2 Å². The fourth-order valence-corrected chi connectivity index (χ4v) is 2.27. The summed E-state index contributed by atoms with van der Waals surface area (Å²) in [5, 5.41) is 3.38. The molecule has 1 aliphatic heterocycles. The lowest BCUT2D eigenvalue weighted by Gasteiger charge is -2.33. The van der Waals surface area contributed by atoms with Crippen LogP contribution in [0.15, 0.2) is 6.20 Å². The number of piperazine rings is 1. The van der Waals surface area contributed by atoms with Gasteiger partial charge in [0.25, 0.3) is 0 Å². The van der Waals surface area contributed by atoms with E-state index in [1.807, 2.05) is 6.20 Å². The van der Waals surface area contributed by atoms with Crippen molar-refractivity contribution < 1.29 is 0 Å². The smallest absolute Gasteiger partial charge is 0.128 e. The third kappa shape index (κ3) is 2.80. The average Bonchev–Trinajstić information content (AvgIpc) is 2.38. The Morgan fingerprint density at radius 2 is 1.94 bits per heavy atom. The summed E-state index contributed by atoms with van der Waals surface area (Å²) in [5.41, 5.74) is 2.45. The molecule has 1 N–H and O–H groups in total. The second-order valence-electron chi connectivity index (χ2n) is 5.86. The van der Waals surface area contributed by atoms with Gasteiger partial charge in [0, 0.05) is 38.0 Å². The number of rotatable bonds is 2. The van der Waals surface area contributed by atoms with Gasteiger partial charge in [0.05, 0.1) is 17.6 Å². The number of nitrogens with one attached hydrogen (secondary N) is 1. The first-order chi connectivity index (χ1) is 8.52. The monoisotopic (exact) mass is 248 g/mol. The van der Waals surface area contributed by atoms with Gasteiger partial charge in [-0.3, -0.25) is 0 Å². The molecule has 0 aromatic carbocycles. The predicted octanol–water partition coefficient (Wildman–Crippen LogP) is 1.75. The summed E-state index contributed by atoms with van der Waals surface area (Å²) < 4.78 is 0. The van der Waals surface area contributed by atoms with Crippen LogP contribution in [0.5, 0.6) is 0 Å². The molecule has 18 heavy (non-hydrogen) atoms. The van der Waals surface area contributed by atoms with Gasteiger partial charge < -0.3 is 10.2 Å². The van der Waals surface area contributed by atoms with E-state index in [1.165, 1.54) is 11.4 Å². The molecule has 0 aliphatic carbocycles. The van der Waals surface area contributed by atoms with Crippen LogP contribution in [-0.2, 0) is 11.8 Å². The summed E-state index contributed by atoms with van der Waals surface area (Å²) in [5.74, 6) is 0.943. The first kappa shape index (κ1) is 13.3. The fourth-order valence-electron chi connectivity index (χ4n) is 2.27. The molecule has 0 spiro atoms. The van der Waals surface area contributed by atoms with E-state index in [0.717, 1.165) is 38.4 Å². The van der Waals surface area contributed by atoms with E-state index in [2.05, 4.69) is 42.9 Å². The first-order valence-electron chi connectivity index (χ1n) is 6.84. The molecule has 2 heterocycles. The number of hydrogen-bond donors (Lipinski definition) is 1. The second kappa shape index (κ2) is 5.22. The summed E-state index contributed by atoms with van der Waals surface area (Å²) >= 11 is 0. The summed E-state index contributed by atoms with van der Waals surface area (Å²) in [4.78, 5) is 11.6. The molecule has 100 valence electrons. The molecular weight excluding hydrogens is 224 g/mol. The number of aryl methyl sites for hydroxylation is 1. The van der Waals surface area contributed by atoms with Crippen LogP contribution < -0.4 is 10.2 Å². The van der Waals surface area contributed by atoms with Crippen molar-refractivity contribution in [3.05, 3.63) is 17.7 Å². The topological polar surface area (TPSA) is 41.1 Å². The second-order valence-corrected chi connectivity index (χ2v) is 5.86. The SMILES string of the molecule is CCc1ncc(N2CCNCC2)c(C(C)(C)C)n1. The average molecular weight is 248 g/mol. The van der Waals surface area contributed by atoms with Gasteiger partial charge in [0.15, 0.2) is 0 Å². The highest BCUT2D eigenvalue weighted by atomic mass is 15.2. The van der Waals surface area contributed by atoms with Gasteiger partial charge in [0.1, 0.15) is 5.82 Å². The van der Waals surface area contributed by atoms with Gasteiger partial charge in [0.2, 0.25) is 0 Å². The maximum Gasteiger partial charge on any atom is 0.128 e. The summed E-state index contributed by atoms with van der Waals surface area (Å²) in [6.07, 6.45) is 2.91. The highest BCUT2D eigenvalue weighted by molar-refractivity contribution is 5.52. The lowest BCUT2D eigenvalue weighted by molar-refractivity contribution is 0.544. The molecule has 0 atom stereocenters. The molecule has 4 heteroatoms. The van der Waals surface area contributed by atoms with Crippen molar-refractivity contribution in [3.63, 3.8) is 0 Å². The Morgan fingerprint density at radius 3 is 2.50 bits per heavy atom. The van der Waals surface area contributed by atoms with Crippen molar-refractivity contribution in [3.8, 4) is 0 Å². The van der Waals surface area contributed by atoms with Gasteiger partial charge in [-0.2, -0.15) is 0 Å². The van der Waals surface area contributed by atoms with E-state index in [9.17, 15) is 0 Å². The summed E-state index contributed by atoms with van der Waals surface area (Å²) in [7, 11) is 0. The van der Waals surface area contributed by atoms with Crippen LogP contribution >= 0.6 is 0 Å². The van der Waals surface area contributed by atoms with Gasteiger partial charge in [-0.1, -0.05) is 27.7 Å². The van der Waals surface area contributed by atoms with Crippen LogP contribution in [0.2, 0.25) is 0 Å². The van der Waals surface area contributed by atoms with Gasteiger partial charge in [-0.05, 0) is 0 Å². The first-order valence-corrected chi connectivity index (χ1v) is 6.84. The quantitative estimate of drug-likeness (QED) is 0.865. The highest BCUT2D eigenvalue weighted by Crippen LogP contribution is 2.30. The van der Waals surface area contributed by atoms with Crippen LogP contribution in [0.4, 0.5) is 5.69 Å².